The van der Waals surface area contributed by atoms with Gasteiger partial charge in [-0.3, -0.25) is 14.5 Å². The molecule has 8 nitrogen and oxygen atoms in total. The zero-order valence-corrected chi connectivity index (χ0v) is 17.7. The molecule has 162 valence electrons. The number of aliphatic hydroxyl groups excluding tert-OH is 1. The average Bonchev–Trinajstić information content (AvgIpc) is 3.34. The van der Waals surface area contributed by atoms with E-state index in [1.807, 2.05) is 6.92 Å². The first-order valence-corrected chi connectivity index (χ1v) is 9.81. The maximum Gasteiger partial charge on any atom is 0.337 e. The van der Waals surface area contributed by atoms with Crippen LogP contribution >= 0.6 is 0 Å². The first kappa shape index (κ1) is 21.0. The van der Waals surface area contributed by atoms with E-state index in [2.05, 4.69) is 5.16 Å². The fraction of sp³-hybridized carbons (Fsp3) is 0.167. The molecule has 1 amide bonds. The number of aromatic nitrogens is 1. The van der Waals surface area contributed by atoms with Crippen molar-refractivity contribution in [2.45, 2.75) is 19.9 Å². The molecule has 0 radical (unpaired) electrons. The van der Waals surface area contributed by atoms with E-state index in [1.165, 1.54) is 30.2 Å². The summed E-state index contributed by atoms with van der Waals surface area (Å²) in [4.78, 5) is 39.0. The normalized spacial score (nSPS) is 17.6. The van der Waals surface area contributed by atoms with Gasteiger partial charge in [-0.25, -0.2) is 4.79 Å². The Labute approximate surface area is 183 Å². The van der Waals surface area contributed by atoms with Gasteiger partial charge in [-0.05, 0) is 31.5 Å². The van der Waals surface area contributed by atoms with E-state index < -0.39 is 23.7 Å². The smallest absolute Gasteiger partial charge is 0.337 e. The van der Waals surface area contributed by atoms with Gasteiger partial charge in [0.05, 0.1) is 24.3 Å². The SMILES string of the molecule is COC(=O)c1ccc(C2/C(=C(\O)c3ccc(C)cc3)C(=O)C(=O)N2c2cc(C)on2)cc1. The van der Waals surface area contributed by atoms with E-state index in [9.17, 15) is 19.5 Å². The molecule has 8 heteroatoms. The number of anilines is 1. The molecular weight excluding hydrogens is 412 g/mol. The summed E-state index contributed by atoms with van der Waals surface area (Å²) >= 11 is 0. The highest BCUT2D eigenvalue weighted by Gasteiger charge is 2.48. The van der Waals surface area contributed by atoms with Crippen molar-refractivity contribution in [3.63, 3.8) is 0 Å². The molecule has 1 unspecified atom stereocenters. The summed E-state index contributed by atoms with van der Waals surface area (Å²) in [6.07, 6.45) is 0. The summed E-state index contributed by atoms with van der Waals surface area (Å²) in [7, 11) is 1.28. The van der Waals surface area contributed by atoms with Gasteiger partial charge in [-0.1, -0.05) is 47.1 Å². The number of esters is 1. The van der Waals surface area contributed by atoms with Crippen LogP contribution in [0.4, 0.5) is 5.82 Å². The molecule has 0 aliphatic carbocycles. The van der Waals surface area contributed by atoms with Gasteiger partial charge in [-0.15, -0.1) is 0 Å². The molecule has 0 spiro atoms. The number of ketones is 1. The fourth-order valence-electron chi connectivity index (χ4n) is 3.64. The summed E-state index contributed by atoms with van der Waals surface area (Å²) in [5.41, 5.74) is 2.12. The number of carbonyl (C=O) groups excluding carboxylic acids is 3. The minimum atomic E-state index is -0.965. The van der Waals surface area contributed by atoms with Crippen LogP contribution in [-0.4, -0.2) is 35.0 Å². The number of benzene rings is 2. The number of methoxy groups -OCH3 is 1. The second-order valence-electron chi connectivity index (χ2n) is 7.44. The van der Waals surface area contributed by atoms with Gasteiger partial charge in [0.15, 0.2) is 5.82 Å². The van der Waals surface area contributed by atoms with Crippen molar-refractivity contribution in [2.24, 2.45) is 0 Å². The van der Waals surface area contributed by atoms with Crippen molar-refractivity contribution >= 4 is 29.2 Å². The monoisotopic (exact) mass is 432 g/mol. The summed E-state index contributed by atoms with van der Waals surface area (Å²) < 4.78 is 9.83. The molecule has 1 atom stereocenters. The number of aryl methyl sites for hydroxylation is 2. The van der Waals surface area contributed by atoms with Crippen molar-refractivity contribution in [1.29, 1.82) is 0 Å². The van der Waals surface area contributed by atoms with Gasteiger partial charge >= 0.3 is 11.9 Å². The Hall–Kier alpha value is -4.20. The maximum absolute atomic E-state index is 13.0. The molecule has 3 aromatic rings. The van der Waals surface area contributed by atoms with E-state index in [0.717, 1.165) is 5.56 Å². The molecule has 2 aromatic carbocycles. The van der Waals surface area contributed by atoms with Crippen LogP contribution < -0.4 is 4.90 Å². The molecule has 0 saturated carbocycles. The topological polar surface area (TPSA) is 110 Å². The van der Waals surface area contributed by atoms with Crippen LogP contribution in [0.2, 0.25) is 0 Å². The Kier molecular flexibility index (Phi) is 5.36. The predicted molar refractivity (Wildman–Crippen MR) is 115 cm³/mol. The van der Waals surface area contributed by atoms with Gasteiger partial charge in [0.2, 0.25) is 0 Å². The molecule has 4 rings (SSSR count). The minimum absolute atomic E-state index is 0.0784. The van der Waals surface area contributed by atoms with E-state index >= 15 is 0 Å². The van der Waals surface area contributed by atoms with Crippen LogP contribution in [0, 0.1) is 13.8 Å². The van der Waals surface area contributed by atoms with E-state index in [-0.39, 0.29) is 17.2 Å². The number of nitrogens with zero attached hydrogens (tertiary/aromatic N) is 2. The zero-order valence-electron chi connectivity index (χ0n) is 17.7. The molecule has 32 heavy (non-hydrogen) atoms. The van der Waals surface area contributed by atoms with Crippen LogP contribution in [0.1, 0.15) is 38.9 Å². The summed E-state index contributed by atoms with van der Waals surface area (Å²) in [5.74, 6) is -1.89. The standard InChI is InChI=1S/C24H20N2O6/c1-13-4-6-16(7-5-13)21(27)19-20(15-8-10-17(11-9-15)24(30)31-3)26(23(29)22(19)28)18-12-14(2)32-25-18/h4-12,20,27H,1-3H3/b21-19+. The second-order valence-corrected chi connectivity index (χ2v) is 7.44. The Morgan fingerprint density at radius 3 is 2.22 bits per heavy atom. The fourth-order valence-corrected chi connectivity index (χ4v) is 3.64. The summed E-state index contributed by atoms with van der Waals surface area (Å²) in [6.45, 7) is 3.57. The van der Waals surface area contributed by atoms with Crippen molar-refractivity contribution < 1.29 is 28.8 Å². The number of Topliss-reactive ketones (excluding diaryl/α,β-unsaturated/α-hetero) is 1. The van der Waals surface area contributed by atoms with E-state index in [0.29, 0.717) is 22.5 Å². The van der Waals surface area contributed by atoms with Gasteiger partial charge in [0, 0.05) is 11.6 Å². The molecule has 1 aliphatic rings. The van der Waals surface area contributed by atoms with Crippen LogP contribution in [0.3, 0.4) is 0 Å². The largest absolute Gasteiger partial charge is 0.507 e. The molecule has 1 fully saturated rings. The number of rotatable bonds is 4. The highest BCUT2D eigenvalue weighted by molar-refractivity contribution is 6.51. The molecule has 1 aliphatic heterocycles. The molecular formula is C24H20N2O6. The quantitative estimate of drug-likeness (QED) is 0.290. The van der Waals surface area contributed by atoms with Crippen LogP contribution in [0.15, 0.2) is 64.7 Å². The van der Waals surface area contributed by atoms with Gasteiger partial charge < -0.3 is 14.4 Å². The maximum atomic E-state index is 13.0. The number of carbonyl (C=O) groups is 3. The Balaban J connectivity index is 1.90. The van der Waals surface area contributed by atoms with Crippen molar-refractivity contribution in [3.05, 3.63) is 88.2 Å². The third-order valence-corrected chi connectivity index (χ3v) is 5.28. The summed E-state index contributed by atoms with van der Waals surface area (Å²) in [6, 6.07) is 13.8. The Morgan fingerprint density at radius 2 is 1.66 bits per heavy atom. The zero-order chi connectivity index (χ0) is 23.0. The van der Waals surface area contributed by atoms with Crippen LogP contribution in [-0.2, 0) is 14.3 Å². The van der Waals surface area contributed by atoms with Crippen molar-refractivity contribution in [2.75, 3.05) is 12.0 Å². The van der Waals surface area contributed by atoms with Crippen LogP contribution in [0.25, 0.3) is 5.76 Å². The number of ether oxygens (including phenoxy) is 1. The molecule has 0 bridgehead atoms. The second kappa shape index (κ2) is 8.14. The highest BCUT2D eigenvalue weighted by Crippen LogP contribution is 2.41. The average molecular weight is 432 g/mol. The van der Waals surface area contributed by atoms with Crippen molar-refractivity contribution in [3.8, 4) is 0 Å². The minimum Gasteiger partial charge on any atom is -0.507 e. The molecule has 2 heterocycles. The van der Waals surface area contributed by atoms with Crippen LogP contribution in [0.5, 0.6) is 0 Å². The third kappa shape index (κ3) is 3.56. The lowest BCUT2D eigenvalue weighted by Crippen LogP contribution is -2.29. The van der Waals surface area contributed by atoms with E-state index in [1.54, 1.807) is 43.3 Å². The van der Waals surface area contributed by atoms with E-state index in [4.69, 9.17) is 9.26 Å². The molecule has 1 N–H and O–H groups in total. The highest BCUT2D eigenvalue weighted by atomic mass is 16.5. The predicted octanol–water partition coefficient (Wildman–Crippen LogP) is 3.70. The lowest BCUT2D eigenvalue weighted by molar-refractivity contribution is -0.132. The Bertz CT molecular complexity index is 1240. The molecule has 1 aromatic heterocycles. The lowest BCUT2D eigenvalue weighted by Gasteiger charge is -2.23. The first-order valence-electron chi connectivity index (χ1n) is 9.81. The number of aliphatic hydroxyl groups is 1. The molecule has 1 saturated heterocycles. The number of hydrogen-bond acceptors (Lipinski definition) is 7. The van der Waals surface area contributed by atoms with Crippen molar-refractivity contribution in [1.82, 2.24) is 5.16 Å². The Morgan fingerprint density at radius 1 is 1.03 bits per heavy atom. The van der Waals surface area contributed by atoms with Gasteiger partial charge in [-0.2, -0.15) is 0 Å². The lowest BCUT2D eigenvalue weighted by atomic mass is 9.94. The third-order valence-electron chi connectivity index (χ3n) is 5.28. The first-order chi connectivity index (χ1) is 15.3. The summed E-state index contributed by atoms with van der Waals surface area (Å²) in [5, 5.41) is 14.9. The number of amides is 1. The van der Waals surface area contributed by atoms with Gasteiger partial charge in [0.25, 0.3) is 5.78 Å². The number of hydrogen-bond donors (Lipinski definition) is 1. The van der Waals surface area contributed by atoms with Gasteiger partial charge in [0.1, 0.15) is 11.5 Å².